The third-order valence-electron chi connectivity index (χ3n) is 4.27. The first-order chi connectivity index (χ1) is 13.3. The highest BCUT2D eigenvalue weighted by atomic mass is 19.2. The van der Waals surface area contributed by atoms with Crippen LogP contribution in [-0.2, 0) is 6.42 Å². The minimum Gasteiger partial charge on any atom is -0.365 e. The molecule has 28 heavy (non-hydrogen) atoms. The molecule has 2 N–H and O–H groups in total. The normalized spacial score (nSPS) is 10.5. The van der Waals surface area contributed by atoms with Gasteiger partial charge in [0.15, 0.2) is 11.6 Å². The van der Waals surface area contributed by atoms with E-state index in [1.807, 2.05) is 0 Å². The van der Waals surface area contributed by atoms with Crippen molar-refractivity contribution in [3.05, 3.63) is 87.9 Å². The van der Waals surface area contributed by atoms with Crippen molar-refractivity contribution < 1.29 is 18.0 Å². The van der Waals surface area contributed by atoms with Gasteiger partial charge in [0.2, 0.25) is 0 Å². The summed E-state index contributed by atoms with van der Waals surface area (Å²) in [6, 6.07) is 10.1. The minimum absolute atomic E-state index is 0.175. The number of hydrogen-bond donors (Lipinski definition) is 1. The fourth-order valence-corrected chi connectivity index (χ4v) is 3.01. The van der Waals surface area contributed by atoms with E-state index in [2.05, 4.69) is 4.98 Å². The van der Waals surface area contributed by atoms with Gasteiger partial charge in [0.25, 0.3) is 5.91 Å². The van der Waals surface area contributed by atoms with E-state index in [1.165, 1.54) is 18.3 Å². The second-order valence-corrected chi connectivity index (χ2v) is 6.29. The van der Waals surface area contributed by atoms with Gasteiger partial charge in [0, 0.05) is 11.8 Å². The van der Waals surface area contributed by atoms with Crippen LogP contribution >= 0.6 is 0 Å². The lowest BCUT2D eigenvalue weighted by Crippen LogP contribution is -2.15. The molecule has 0 aliphatic rings. The maximum absolute atomic E-state index is 14.2. The Labute approximate surface area is 159 Å². The number of nitriles is 1. The van der Waals surface area contributed by atoms with Crippen LogP contribution in [0.15, 0.2) is 42.6 Å². The van der Waals surface area contributed by atoms with Crippen LogP contribution in [0.2, 0.25) is 0 Å². The van der Waals surface area contributed by atoms with Crippen molar-refractivity contribution in [2.24, 2.45) is 5.73 Å². The zero-order chi connectivity index (χ0) is 20.4. The predicted molar refractivity (Wildman–Crippen MR) is 96.8 cm³/mol. The van der Waals surface area contributed by atoms with Crippen molar-refractivity contribution in [1.82, 2.24) is 4.98 Å². The van der Waals surface area contributed by atoms with Gasteiger partial charge in [-0.1, -0.05) is 0 Å². The maximum Gasteiger partial charge on any atom is 0.251 e. The van der Waals surface area contributed by atoms with Crippen molar-refractivity contribution in [2.45, 2.75) is 13.3 Å². The summed E-state index contributed by atoms with van der Waals surface area (Å²) >= 11 is 0. The number of nitrogens with two attached hydrogens (primary N) is 1. The SMILES string of the molecule is Cc1cc(-c2cc(Cc3cc(F)c(F)c(C#N)c3)ccn2)cc(F)c1C(N)=O. The fraction of sp³-hybridized carbons (Fsp3) is 0.0952. The second kappa shape index (κ2) is 7.53. The number of hydrogen-bond acceptors (Lipinski definition) is 3. The van der Waals surface area contributed by atoms with Crippen LogP contribution in [0.25, 0.3) is 11.3 Å². The minimum atomic E-state index is -1.18. The highest BCUT2D eigenvalue weighted by Crippen LogP contribution is 2.25. The number of aromatic nitrogens is 1. The van der Waals surface area contributed by atoms with Crippen LogP contribution in [0, 0.1) is 35.7 Å². The molecule has 1 heterocycles. The van der Waals surface area contributed by atoms with Crippen LogP contribution < -0.4 is 5.73 Å². The first-order valence-corrected chi connectivity index (χ1v) is 8.23. The number of carbonyl (C=O) groups is 1. The summed E-state index contributed by atoms with van der Waals surface area (Å²) in [7, 11) is 0. The summed E-state index contributed by atoms with van der Waals surface area (Å²) in [6.07, 6.45) is 1.73. The van der Waals surface area contributed by atoms with E-state index < -0.39 is 23.4 Å². The van der Waals surface area contributed by atoms with Crippen molar-refractivity contribution in [3.8, 4) is 17.3 Å². The largest absolute Gasteiger partial charge is 0.365 e. The molecular formula is C21H14F3N3O. The zero-order valence-corrected chi connectivity index (χ0v) is 14.8. The topological polar surface area (TPSA) is 79.8 Å². The predicted octanol–water partition coefficient (Wildman–Crippen LogP) is 4.04. The molecule has 0 radical (unpaired) electrons. The molecule has 1 amide bonds. The Morgan fingerprint density at radius 1 is 1.11 bits per heavy atom. The summed E-state index contributed by atoms with van der Waals surface area (Å²) < 4.78 is 41.4. The lowest BCUT2D eigenvalue weighted by Gasteiger charge is -2.09. The molecule has 0 atom stereocenters. The van der Waals surface area contributed by atoms with Gasteiger partial charge in [-0.3, -0.25) is 9.78 Å². The van der Waals surface area contributed by atoms with Crippen molar-refractivity contribution in [3.63, 3.8) is 0 Å². The van der Waals surface area contributed by atoms with Crippen LogP contribution in [0.5, 0.6) is 0 Å². The number of amides is 1. The van der Waals surface area contributed by atoms with E-state index in [-0.39, 0.29) is 17.5 Å². The van der Waals surface area contributed by atoms with E-state index >= 15 is 0 Å². The van der Waals surface area contributed by atoms with E-state index in [1.54, 1.807) is 31.2 Å². The van der Waals surface area contributed by atoms with Gasteiger partial charge in [0.1, 0.15) is 11.9 Å². The van der Waals surface area contributed by atoms with Crippen molar-refractivity contribution in [1.29, 1.82) is 5.26 Å². The summed E-state index contributed by atoms with van der Waals surface area (Å²) in [5.74, 6) is -3.87. The molecule has 0 bridgehead atoms. The number of nitrogens with zero attached hydrogens (tertiary/aromatic N) is 2. The molecule has 0 unspecified atom stereocenters. The Kier molecular flexibility index (Phi) is 5.14. The van der Waals surface area contributed by atoms with E-state index in [9.17, 15) is 18.0 Å². The molecule has 0 fully saturated rings. The summed E-state index contributed by atoms with van der Waals surface area (Å²) in [5, 5.41) is 8.90. The lowest BCUT2D eigenvalue weighted by atomic mass is 9.99. The molecule has 3 rings (SSSR count). The van der Waals surface area contributed by atoms with Crippen molar-refractivity contribution in [2.75, 3.05) is 0 Å². The highest BCUT2D eigenvalue weighted by molar-refractivity contribution is 5.95. The van der Waals surface area contributed by atoms with Crippen LogP contribution in [-0.4, -0.2) is 10.9 Å². The van der Waals surface area contributed by atoms with Gasteiger partial charge >= 0.3 is 0 Å². The average molecular weight is 381 g/mol. The van der Waals surface area contributed by atoms with E-state index in [4.69, 9.17) is 11.0 Å². The quantitative estimate of drug-likeness (QED) is 0.741. The van der Waals surface area contributed by atoms with Gasteiger partial charge in [-0.25, -0.2) is 13.2 Å². The molecule has 1 aromatic heterocycles. The maximum atomic E-state index is 14.2. The van der Waals surface area contributed by atoms with Crippen molar-refractivity contribution >= 4 is 5.91 Å². The van der Waals surface area contributed by atoms with Crippen LogP contribution in [0.1, 0.15) is 32.6 Å². The zero-order valence-electron chi connectivity index (χ0n) is 14.8. The van der Waals surface area contributed by atoms with E-state index in [0.29, 0.717) is 27.9 Å². The Bertz CT molecular complexity index is 1110. The van der Waals surface area contributed by atoms with Gasteiger partial charge in [-0.15, -0.1) is 0 Å². The molecule has 140 valence electrons. The Morgan fingerprint density at radius 2 is 1.86 bits per heavy atom. The molecule has 0 saturated heterocycles. The Hall–Kier alpha value is -3.66. The Morgan fingerprint density at radius 3 is 2.50 bits per heavy atom. The van der Waals surface area contributed by atoms with Crippen LogP contribution in [0.3, 0.4) is 0 Å². The number of rotatable bonds is 4. The third-order valence-corrected chi connectivity index (χ3v) is 4.27. The third kappa shape index (κ3) is 3.71. The monoisotopic (exact) mass is 381 g/mol. The first kappa shape index (κ1) is 19.1. The molecule has 0 spiro atoms. The standard InChI is InChI=1S/C21H14F3N3O/c1-11-4-14(9-16(22)19(11)21(26)28)18-8-12(2-3-27-18)5-13-6-15(10-25)20(24)17(23)7-13/h2-4,6-9H,5H2,1H3,(H2,26,28). The fourth-order valence-electron chi connectivity index (χ4n) is 3.01. The average Bonchev–Trinajstić information content (AvgIpc) is 2.63. The number of primary amides is 1. The van der Waals surface area contributed by atoms with Gasteiger partial charge in [-0.2, -0.15) is 5.26 Å². The molecular weight excluding hydrogens is 367 g/mol. The molecule has 4 nitrogen and oxygen atoms in total. The molecule has 0 saturated carbocycles. The smallest absolute Gasteiger partial charge is 0.251 e. The summed E-state index contributed by atoms with van der Waals surface area (Å²) in [5.41, 5.74) is 7.04. The molecule has 3 aromatic rings. The second-order valence-electron chi connectivity index (χ2n) is 6.29. The molecule has 0 aliphatic heterocycles. The Balaban J connectivity index is 1.97. The molecule has 0 aliphatic carbocycles. The van der Waals surface area contributed by atoms with Gasteiger partial charge < -0.3 is 5.73 Å². The lowest BCUT2D eigenvalue weighted by molar-refractivity contribution is 0.0996. The summed E-state index contributed by atoms with van der Waals surface area (Å²) in [4.78, 5) is 15.5. The van der Waals surface area contributed by atoms with Gasteiger partial charge in [-0.05, 0) is 66.4 Å². The van der Waals surface area contributed by atoms with Crippen LogP contribution in [0.4, 0.5) is 13.2 Å². The molecule has 2 aromatic carbocycles. The number of aryl methyl sites for hydroxylation is 1. The number of pyridine rings is 1. The van der Waals surface area contributed by atoms with Gasteiger partial charge in [0.05, 0.1) is 16.8 Å². The van der Waals surface area contributed by atoms with E-state index in [0.717, 1.165) is 6.07 Å². The highest BCUT2D eigenvalue weighted by Gasteiger charge is 2.15. The summed E-state index contributed by atoms with van der Waals surface area (Å²) in [6.45, 7) is 1.57. The number of halogens is 3. The molecule has 7 heteroatoms. The number of benzene rings is 2. The number of carbonyl (C=O) groups excluding carboxylic acids is 1. The first-order valence-electron chi connectivity index (χ1n) is 8.23.